The van der Waals surface area contributed by atoms with Crippen molar-refractivity contribution in [1.82, 2.24) is 0 Å². The van der Waals surface area contributed by atoms with E-state index in [1.807, 2.05) is 0 Å². The summed E-state index contributed by atoms with van der Waals surface area (Å²) in [5.41, 5.74) is 0.523. The minimum Gasteiger partial charge on any atom is -0.319 e. The van der Waals surface area contributed by atoms with Gasteiger partial charge in [-0.25, -0.2) is 0 Å². The summed E-state index contributed by atoms with van der Waals surface area (Å²) in [5.74, 6) is 0.908. The van der Waals surface area contributed by atoms with Crippen LogP contribution < -0.4 is 0 Å². The molecule has 1 atom stereocenters. The van der Waals surface area contributed by atoms with E-state index in [-0.39, 0.29) is 0 Å². The van der Waals surface area contributed by atoms with Crippen molar-refractivity contribution in [3.63, 3.8) is 0 Å². The van der Waals surface area contributed by atoms with Gasteiger partial charge in [0.2, 0.25) is 0 Å². The fourth-order valence-electron chi connectivity index (χ4n) is 6.05. The van der Waals surface area contributed by atoms with Gasteiger partial charge in [0.25, 0.3) is 0 Å². The molecule has 0 rings (SSSR count). The maximum absolute atomic E-state index is 2.51. The average molecular weight is 411 g/mol. The van der Waals surface area contributed by atoms with Crippen LogP contribution in [0.5, 0.6) is 0 Å². The van der Waals surface area contributed by atoms with Crippen molar-refractivity contribution in [2.45, 2.75) is 157 Å². The van der Waals surface area contributed by atoms with Crippen molar-refractivity contribution < 1.29 is 4.48 Å². The lowest BCUT2D eigenvalue weighted by molar-refractivity contribution is -0.982. The lowest BCUT2D eigenvalue weighted by Gasteiger charge is -2.58. The Bertz CT molecular complexity index is 318. The van der Waals surface area contributed by atoms with Crippen LogP contribution in [0, 0.1) is 5.92 Å². The van der Waals surface area contributed by atoms with Crippen molar-refractivity contribution in [3.05, 3.63) is 0 Å². The van der Waals surface area contributed by atoms with Gasteiger partial charge in [0.1, 0.15) is 5.54 Å². The van der Waals surface area contributed by atoms with Crippen LogP contribution in [-0.2, 0) is 0 Å². The summed E-state index contributed by atoms with van der Waals surface area (Å²) in [4.78, 5) is 0. The molecular weight excluding hydrogens is 350 g/mol. The van der Waals surface area contributed by atoms with Crippen molar-refractivity contribution in [2.24, 2.45) is 5.92 Å². The smallest absolute Gasteiger partial charge is 0.102 e. The van der Waals surface area contributed by atoms with Crippen LogP contribution in [0.15, 0.2) is 0 Å². The van der Waals surface area contributed by atoms with E-state index < -0.39 is 0 Å². The normalized spacial score (nSPS) is 13.8. The first-order chi connectivity index (χ1) is 14.1. The fourth-order valence-corrected chi connectivity index (χ4v) is 6.05. The first-order valence-corrected chi connectivity index (χ1v) is 13.9. The Morgan fingerprint density at radius 2 is 0.897 bits per heavy atom. The average Bonchev–Trinajstić information content (AvgIpc) is 2.75. The van der Waals surface area contributed by atoms with Crippen LogP contribution in [0.3, 0.4) is 0 Å². The van der Waals surface area contributed by atoms with Crippen molar-refractivity contribution in [1.29, 1.82) is 0 Å². The lowest BCUT2D eigenvalue weighted by atomic mass is 9.69. The lowest BCUT2D eigenvalue weighted by Crippen LogP contribution is -2.68. The van der Waals surface area contributed by atoms with Crippen molar-refractivity contribution >= 4 is 0 Å². The van der Waals surface area contributed by atoms with Crippen molar-refractivity contribution in [2.75, 3.05) is 19.6 Å². The summed E-state index contributed by atoms with van der Waals surface area (Å²) in [6.45, 7) is 21.3. The highest BCUT2D eigenvalue weighted by atomic mass is 15.4. The van der Waals surface area contributed by atoms with E-state index in [4.69, 9.17) is 0 Å². The largest absolute Gasteiger partial charge is 0.319 e. The van der Waals surface area contributed by atoms with E-state index in [2.05, 4.69) is 48.5 Å². The van der Waals surface area contributed by atoms with E-state index in [0.717, 1.165) is 5.92 Å². The predicted molar refractivity (Wildman–Crippen MR) is 135 cm³/mol. The highest BCUT2D eigenvalue weighted by Gasteiger charge is 2.52. The SMILES string of the molecule is CCCCC(CC)C(CCCC)(CCCC)[N+](CCCC)(CCCC)CCCC. The molecule has 0 bridgehead atoms. The van der Waals surface area contributed by atoms with Gasteiger partial charge in [0, 0.05) is 18.8 Å². The molecule has 0 amide bonds. The summed E-state index contributed by atoms with van der Waals surface area (Å²) >= 11 is 0. The van der Waals surface area contributed by atoms with Crippen LogP contribution in [-0.4, -0.2) is 29.7 Å². The van der Waals surface area contributed by atoms with Gasteiger partial charge in [-0.15, -0.1) is 0 Å². The van der Waals surface area contributed by atoms with Crippen LogP contribution in [0.25, 0.3) is 0 Å². The van der Waals surface area contributed by atoms with Crippen LogP contribution in [0.4, 0.5) is 0 Å². The molecule has 0 aliphatic rings. The van der Waals surface area contributed by atoms with Crippen LogP contribution >= 0.6 is 0 Å². The number of hydrogen-bond acceptors (Lipinski definition) is 0. The third-order valence-corrected chi connectivity index (χ3v) is 7.85. The molecule has 1 heteroatoms. The standard InChI is InChI=1S/C28H60N/c1-8-15-21-27(14-7)28(22-16-9-2,23-17-10-3)29(24-18-11-4,25-19-12-5)26-20-13-6/h27H,8-26H2,1-7H3/q+1. The summed E-state index contributed by atoms with van der Waals surface area (Å²) in [6.07, 6.45) is 22.4. The van der Waals surface area contributed by atoms with Crippen LogP contribution in [0.1, 0.15) is 151 Å². The molecule has 29 heavy (non-hydrogen) atoms. The van der Waals surface area contributed by atoms with E-state index in [1.165, 1.54) is 127 Å². The minimum absolute atomic E-state index is 0.523. The van der Waals surface area contributed by atoms with Gasteiger partial charge in [-0.1, -0.05) is 93.4 Å². The zero-order chi connectivity index (χ0) is 22.0. The highest BCUT2D eigenvalue weighted by molar-refractivity contribution is 4.90. The number of nitrogens with zero attached hydrogens (tertiary/aromatic N) is 1. The summed E-state index contributed by atoms with van der Waals surface area (Å²) < 4.78 is 1.46. The topological polar surface area (TPSA) is 0 Å². The molecule has 176 valence electrons. The highest BCUT2D eigenvalue weighted by Crippen LogP contribution is 2.46. The summed E-state index contributed by atoms with van der Waals surface area (Å²) in [6, 6.07) is 0. The minimum atomic E-state index is 0.523. The molecule has 1 nitrogen and oxygen atoms in total. The van der Waals surface area contributed by atoms with Gasteiger partial charge < -0.3 is 4.48 Å². The molecule has 0 N–H and O–H groups in total. The Labute approximate surface area is 187 Å². The monoisotopic (exact) mass is 410 g/mol. The maximum atomic E-state index is 2.51. The molecule has 0 aromatic rings. The molecule has 0 aromatic heterocycles. The molecule has 0 aliphatic carbocycles. The second kappa shape index (κ2) is 17.6. The molecule has 0 aliphatic heterocycles. The zero-order valence-corrected chi connectivity index (χ0v) is 22.0. The van der Waals surface area contributed by atoms with Gasteiger partial charge in [0.15, 0.2) is 0 Å². The van der Waals surface area contributed by atoms with Crippen molar-refractivity contribution in [3.8, 4) is 0 Å². The van der Waals surface area contributed by atoms with Gasteiger partial charge in [-0.05, 0) is 44.9 Å². The van der Waals surface area contributed by atoms with Gasteiger partial charge in [-0.3, -0.25) is 0 Å². The second-order valence-electron chi connectivity index (χ2n) is 9.93. The van der Waals surface area contributed by atoms with Gasteiger partial charge in [-0.2, -0.15) is 0 Å². The Morgan fingerprint density at radius 1 is 0.517 bits per heavy atom. The van der Waals surface area contributed by atoms with E-state index in [1.54, 1.807) is 0 Å². The second-order valence-corrected chi connectivity index (χ2v) is 9.93. The first-order valence-electron chi connectivity index (χ1n) is 13.9. The molecular formula is C28H60N+. The molecule has 0 saturated heterocycles. The first kappa shape index (κ1) is 29.0. The van der Waals surface area contributed by atoms with Gasteiger partial charge >= 0.3 is 0 Å². The number of rotatable bonds is 21. The molecule has 0 radical (unpaired) electrons. The molecule has 1 unspecified atom stereocenters. The Morgan fingerprint density at radius 3 is 1.21 bits per heavy atom. The fraction of sp³-hybridized carbons (Fsp3) is 1.00. The summed E-state index contributed by atoms with van der Waals surface area (Å²) in [7, 11) is 0. The number of hydrogen-bond donors (Lipinski definition) is 0. The maximum Gasteiger partial charge on any atom is 0.102 e. The quantitative estimate of drug-likeness (QED) is 0.165. The van der Waals surface area contributed by atoms with E-state index in [0.29, 0.717) is 5.54 Å². The number of unbranched alkanes of at least 4 members (excludes halogenated alkanes) is 6. The van der Waals surface area contributed by atoms with Crippen LogP contribution in [0.2, 0.25) is 0 Å². The summed E-state index contributed by atoms with van der Waals surface area (Å²) in [5, 5.41) is 0. The molecule has 0 aromatic carbocycles. The molecule has 0 heterocycles. The molecule has 0 spiro atoms. The third kappa shape index (κ3) is 8.92. The number of quaternary nitrogens is 1. The Kier molecular flexibility index (Phi) is 17.6. The molecule has 0 saturated carbocycles. The van der Waals surface area contributed by atoms with Gasteiger partial charge in [0.05, 0.1) is 19.6 Å². The van der Waals surface area contributed by atoms with E-state index in [9.17, 15) is 0 Å². The third-order valence-electron chi connectivity index (χ3n) is 7.85. The predicted octanol–water partition coefficient (Wildman–Crippen LogP) is 9.54. The zero-order valence-electron chi connectivity index (χ0n) is 22.0. The van der Waals surface area contributed by atoms with E-state index >= 15 is 0 Å². The molecule has 0 fully saturated rings. The Hall–Kier alpha value is -0.0400. The Balaban J connectivity index is 6.43.